The summed E-state index contributed by atoms with van der Waals surface area (Å²) in [5.74, 6) is -0.267. The zero-order chi connectivity index (χ0) is 16.1. The van der Waals surface area contributed by atoms with Crippen LogP contribution in [0.25, 0.3) is 0 Å². The van der Waals surface area contributed by atoms with Gasteiger partial charge in [-0.1, -0.05) is 30.5 Å². The van der Waals surface area contributed by atoms with Crippen LogP contribution < -0.4 is 10.6 Å². The van der Waals surface area contributed by atoms with Gasteiger partial charge in [-0.25, -0.2) is 4.79 Å². The highest BCUT2D eigenvalue weighted by Gasteiger charge is 2.21. The Labute approximate surface area is 132 Å². The van der Waals surface area contributed by atoms with Crippen molar-refractivity contribution in [3.05, 3.63) is 29.3 Å². The topological polar surface area (TPSA) is 61.4 Å². The molecule has 1 aliphatic carbocycles. The first-order chi connectivity index (χ1) is 10.5. The Morgan fingerprint density at radius 1 is 1.23 bits per heavy atom. The number of aryl methyl sites for hydroxylation is 2. The fourth-order valence-electron chi connectivity index (χ4n) is 2.97. The fraction of sp³-hybridized carbons (Fsp3) is 0.529. The van der Waals surface area contributed by atoms with E-state index in [0.717, 1.165) is 29.7 Å². The van der Waals surface area contributed by atoms with E-state index in [9.17, 15) is 9.59 Å². The van der Waals surface area contributed by atoms with Crippen molar-refractivity contribution < 1.29 is 9.59 Å². The highest BCUT2D eigenvalue weighted by Crippen LogP contribution is 2.22. The third-order valence-corrected chi connectivity index (χ3v) is 4.22. The molecule has 5 nitrogen and oxygen atoms in total. The number of anilines is 1. The summed E-state index contributed by atoms with van der Waals surface area (Å²) in [6.45, 7) is 4.18. The molecule has 0 saturated heterocycles. The van der Waals surface area contributed by atoms with E-state index in [1.165, 1.54) is 12.8 Å². The van der Waals surface area contributed by atoms with Gasteiger partial charge in [-0.05, 0) is 45.4 Å². The van der Waals surface area contributed by atoms with Gasteiger partial charge in [0.15, 0.2) is 0 Å². The quantitative estimate of drug-likeness (QED) is 0.899. The van der Waals surface area contributed by atoms with Gasteiger partial charge in [0, 0.05) is 11.7 Å². The van der Waals surface area contributed by atoms with Gasteiger partial charge in [0.1, 0.15) is 0 Å². The van der Waals surface area contributed by atoms with E-state index >= 15 is 0 Å². The molecule has 0 aliphatic heterocycles. The van der Waals surface area contributed by atoms with E-state index < -0.39 is 6.03 Å². The minimum atomic E-state index is -0.475. The van der Waals surface area contributed by atoms with E-state index in [-0.39, 0.29) is 12.5 Å². The van der Waals surface area contributed by atoms with Crippen LogP contribution in [0.3, 0.4) is 0 Å². The van der Waals surface area contributed by atoms with Crippen LogP contribution in [-0.2, 0) is 4.79 Å². The number of rotatable bonds is 4. The van der Waals surface area contributed by atoms with Gasteiger partial charge in [-0.3, -0.25) is 15.0 Å². The number of carbonyl (C=O) groups excluding carboxylic acids is 2. The Kier molecular flexibility index (Phi) is 5.55. The molecule has 1 aromatic carbocycles. The largest absolute Gasteiger partial charge is 0.325 e. The summed E-state index contributed by atoms with van der Waals surface area (Å²) in [6, 6.07) is 5.76. The van der Waals surface area contributed by atoms with Crippen molar-refractivity contribution in [3.8, 4) is 0 Å². The molecule has 0 unspecified atom stereocenters. The minimum Gasteiger partial charge on any atom is -0.307 e. The standard InChI is InChI=1S/C17H25N3O2/c1-12-8-9-15(13(2)10-12)18-17(22)19-16(21)11-20(3)14-6-4-5-7-14/h8-10,14H,4-7,11H2,1-3H3,(H2,18,19,21,22). The number of amides is 3. The van der Waals surface area contributed by atoms with E-state index in [1.54, 1.807) is 0 Å². The molecule has 0 aromatic heterocycles. The monoisotopic (exact) mass is 303 g/mol. The van der Waals surface area contributed by atoms with Crippen molar-refractivity contribution in [1.29, 1.82) is 0 Å². The van der Waals surface area contributed by atoms with Crippen LogP contribution in [0, 0.1) is 13.8 Å². The van der Waals surface area contributed by atoms with Crippen molar-refractivity contribution in [2.24, 2.45) is 0 Å². The molecule has 2 N–H and O–H groups in total. The van der Waals surface area contributed by atoms with Gasteiger partial charge < -0.3 is 5.32 Å². The first-order valence-corrected chi connectivity index (χ1v) is 7.84. The van der Waals surface area contributed by atoms with Crippen molar-refractivity contribution in [2.45, 2.75) is 45.6 Å². The van der Waals surface area contributed by atoms with Crippen LogP contribution in [0.15, 0.2) is 18.2 Å². The van der Waals surface area contributed by atoms with Gasteiger partial charge in [-0.15, -0.1) is 0 Å². The summed E-state index contributed by atoms with van der Waals surface area (Å²) in [7, 11) is 1.94. The highest BCUT2D eigenvalue weighted by atomic mass is 16.2. The lowest BCUT2D eigenvalue weighted by atomic mass is 10.1. The Balaban J connectivity index is 1.82. The molecule has 3 amide bonds. The van der Waals surface area contributed by atoms with E-state index in [4.69, 9.17) is 0 Å². The summed E-state index contributed by atoms with van der Waals surface area (Å²) in [4.78, 5) is 25.9. The molecular formula is C17H25N3O2. The van der Waals surface area contributed by atoms with Crippen molar-refractivity contribution in [2.75, 3.05) is 18.9 Å². The molecule has 22 heavy (non-hydrogen) atoms. The summed E-state index contributed by atoms with van der Waals surface area (Å²) in [5, 5.41) is 5.12. The highest BCUT2D eigenvalue weighted by molar-refractivity contribution is 6.02. The second-order valence-electron chi connectivity index (χ2n) is 6.17. The van der Waals surface area contributed by atoms with Gasteiger partial charge in [-0.2, -0.15) is 0 Å². The van der Waals surface area contributed by atoms with Crippen molar-refractivity contribution in [3.63, 3.8) is 0 Å². The van der Waals surface area contributed by atoms with Crippen LogP contribution in [0.2, 0.25) is 0 Å². The first kappa shape index (κ1) is 16.5. The molecule has 1 aromatic rings. The number of hydrogen-bond donors (Lipinski definition) is 2. The van der Waals surface area contributed by atoms with E-state index in [2.05, 4.69) is 10.6 Å². The number of nitrogens with zero attached hydrogens (tertiary/aromatic N) is 1. The smallest absolute Gasteiger partial charge is 0.307 e. The number of urea groups is 1. The zero-order valence-corrected chi connectivity index (χ0v) is 13.6. The van der Waals surface area contributed by atoms with Gasteiger partial charge in [0.05, 0.1) is 6.54 Å². The molecule has 1 fully saturated rings. The predicted molar refractivity (Wildman–Crippen MR) is 88.0 cm³/mol. The minimum absolute atomic E-state index is 0.255. The molecule has 0 radical (unpaired) electrons. The lowest BCUT2D eigenvalue weighted by molar-refractivity contribution is -0.121. The Hall–Kier alpha value is -1.88. The third-order valence-electron chi connectivity index (χ3n) is 4.22. The lowest BCUT2D eigenvalue weighted by Gasteiger charge is -2.23. The molecule has 1 saturated carbocycles. The van der Waals surface area contributed by atoms with Gasteiger partial charge in [0.25, 0.3) is 0 Å². The van der Waals surface area contributed by atoms with Crippen LogP contribution in [0.1, 0.15) is 36.8 Å². The average Bonchev–Trinajstić information content (AvgIpc) is 2.95. The number of benzene rings is 1. The SMILES string of the molecule is Cc1ccc(NC(=O)NC(=O)CN(C)C2CCCC2)c(C)c1. The van der Waals surface area contributed by atoms with Gasteiger partial charge >= 0.3 is 6.03 Å². The van der Waals surface area contributed by atoms with Crippen LogP contribution in [-0.4, -0.2) is 36.5 Å². The molecule has 2 rings (SSSR count). The first-order valence-electron chi connectivity index (χ1n) is 7.84. The average molecular weight is 303 g/mol. The second kappa shape index (κ2) is 7.40. The number of likely N-dealkylation sites (N-methyl/N-ethyl adjacent to an activating group) is 1. The lowest BCUT2D eigenvalue weighted by Crippen LogP contribution is -2.43. The van der Waals surface area contributed by atoms with E-state index in [0.29, 0.717) is 6.04 Å². The maximum atomic E-state index is 11.9. The van der Waals surface area contributed by atoms with E-state index in [1.807, 2.05) is 44.0 Å². The second-order valence-corrected chi connectivity index (χ2v) is 6.17. The van der Waals surface area contributed by atoms with Crippen LogP contribution in [0.4, 0.5) is 10.5 Å². The number of hydrogen-bond acceptors (Lipinski definition) is 3. The zero-order valence-electron chi connectivity index (χ0n) is 13.6. The maximum Gasteiger partial charge on any atom is 0.325 e. The third kappa shape index (κ3) is 4.56. The Bertz CT molecular complexity index is 551. The molecule has 0 spiro atoms. The molecule has 0 atom stereocenters. The summed E-state index contributed by atoms with van der Waals surface area (Å²) in [5.41, 5.74) is 2.84. The van der Waals surface area contributed by atoms with Crippen molar-refractivity contribution >= 4 is 17.6 Å². The molecule has 0 heterocycles. The normalized spacial score (nSPS) is 15.1. The number of nitrogens with one attached hydrogen (secondary N) is 2. The fourth-order valence-corrected chi connectivity index (χ4v) is 2.97. The maximum absolute atomic E-state index is 11.9. The molecule has 1 aliphatic rings. The summed E-state index contributed by atoms with van der Waals surface area (Å²) in [6.07, 6.45) is 4.73. The molecule has 5 heteroatoms. The predicted octanol–water partition coefficient (Wildman–Crippen LogP) is 2.83. The van der Waals surface area contributed by atoms with Crippen LogP contribution >= 0.6 is 0 Å². The molecular weight excluding hydrogens is 278 g/mol. The summed E-state index contributed by atoms with van der Waals surface area (Å²) < 4.78 is 0. The number of imide groups is 1. The van der Waals surface area contributed by atoms with Gasteiger partial charge in [0.2, 0.25) is 5.91 Å². The number of carbonyl (C=O) groups is 2. The van der Waals surface area contributed by atoms with Crippen LogP contribution in [0.5, 0.6) is 0 Å². The molecule has 120 valence electrons. The molecule has 0 bridgehead atoms. The Morgan fingerprint density at radius 2 is 1.91 bits per heavy atom. The summed E-state index contributed by atoms with van der Waals surface area (Å²) >= 11 is 0. The van der Waals surface area contributed by atoms with Crippen molar-refractivity contribution in [1.82, 2.24) is 10.2 Å². The Morgan fingerprint density at radius 3 is 2.55 bits per heavy atom.